The van der Waals surface area contributed by atoms with Crippen LogP contribution < -0.4 is 25.3 Å². The minimum absolute atomic E-state index is 0.0917. The van der Waals surface area contributed by atoms with E-state index in [1.165, 1.54) is 0 Å². The maximum atomic E-state index is 5.96. The highest BCUT2D eigenvalue weighted by atomic mass is 16.5. The van der Waals surface area contributed by atoms with Crippen molar-refractivity contribution >= 4 is 11.6 Å². The van der Waals surface area contributed by atoms with E-state index in [1.54, 1.807) is 32.5 Å². The van der Waals surface area contributed by atoms with E-state index in [2.05, 4.69) is 15.3 Å². The molecule has 25 heavy (non-hydrogen) atoms. The molecule has 1 heterocycles. The number of nitrogens with two attached hydrogens (primary N) is 1. The summed E-state index contributed by atoms with van der Waals surface area (Å²) in [6, 6.07) is 9.13. The molecule has 7 heteroatoms. The molecule has 0 bridgehead atoms. The summed E-state index contributed by atoms with van der Waals surface area (Å²) in [5.74, 6) is 2.21. The number of aromatic nitrogens is 1. The van der Waals surface area contributed by atoms with E-state index in [1.807, 2.05) is 32.0 Å². The lowest BCUT2D eigenvalue weighted by atomic mass is 10.2. The smallest absolute Gasteiger partial charge is 0.213 e. The molecule has 0 saturated heterocycles. The van der Waals surface area contributed by atoms with Crippen LogP contribution in [0.5, 0.6) is 17.4 Å². The fraction of sp³-hybridized carbons (Fsp3) is 0.333. The van der Waals surface area contributed by atoms with Crippen molar-refractivity contribution in [3.05, 3.63) is 42.1 Å². The topological polar surface area (TPSA) is 91.0 Å². The number of methoxy groups -OCH3 is 2. The van der Waals surface area contributed by atoms with Gasteiger partial charge in [-0.05, 0) is 31.5 Å². The Morgan fingerprint density at radius 3 is 2.60 bits per heavy atom. The summed E-state index contributed by atoms with van der Waals surface area (Å²) in [5, 5.41) is 3.02. The van der Waals surface area contributed by atoms with Crippen LogP contribution in [0.1, 0.15) is 19.4 Å². The first-order valence-electron chi connectivity index (χ1n) is 7.92. The summed E-state index contributed by atoms with van der Waals surface area (Å²) >= 11 is 0. The molecule has 2 rings (SSSR count). The lowest BCUT2D eigenvalue weighted by Crippen LogP contribution is -2.23. The van der Waals surface area contributed by atoms with Gasteiger partial charge in [0.05, 0.1) is 32.6 Å². The first-order chi connectivity index (χ1) is 12.0. The van der Waals surface area contributed by atoms with Crippen LogP contribution in [-0.2, 0) is 6.54 Å². The standard InChI is InChI=1S/C18H24N4O3/c1-12(2)25-17-8-5-13(10-20-17)11-21-18(19)22-15-9-14(23-3)6-7-16(15)24-4/h5-10,12H,11H2,1-4H3,(H3,19,21,22). The summed E-state index contributed by atoms with van der Waals surface area (Å²) in [4.78, 5) is 8.56. The Kier molecular flexibility index (Phi) is 6.45. The van der Waals surface area contributed by atoms with Crippen molar-refractivity contribution in [2.75, 3.05) is 19.5 Å². The van der Waals surface area contributed by atoms with Crippen LogP contribution in [0.15, 0.2) is 41.5 Å². The third-order valence-electron chi connectivity index (χ3n) is 3.26. The van der Waals surface area contributed by atoms with E-state index in [0.29, 0.717) is 29.6 Å². The van der Waals surface area contributed by atoms with Crippen LogP contribution in [0, 0.1) is 0 Å². The van der Waals surface area contributed by atoms with Crippen molar-refractivity contribution in [2.45, 2.75) is 26.5 Å². The van der Waals surface area contributed by atoms with Gasteiger partial charge < -0.3 is 25.3 Å². The molecule has 7 nitrogen and oxygen atoms in total. The highest BCUT2D eigenvalue weighted by Crippen LogP contribution is 2.28. The van der Waals surface area contributed by atoms with Crippen molar-refractivity contribution in [3.63, 3.8) is 0 Å². The molecule has 3 N–H and O–H groups in total. The van der Waals surface area contributed by atoms with E-state index in [4.69, 9.17) is 19.9 Å². The van der Waals surface area contributed by atoms with Crippen LogP contribution >= 0.6 is 0 Å². The minimum Gasteiger partial charge on any atom is -0.497 e. The minimum atomic E-state index is 0.0917. The summed E-state index contributed by atoms with van der Waals surface area (Å²) in [6.07, 6.45) is 1.81. The summed E-state index contributed by atoms with van der Waals surface area (Å²) in [6.45, 7) is 4.32. The number of hydrogen-bond acceptors (Lipinski definition) is 5. The second-order valence-electron chi connectivity index (χ2n) is 5.56. The zero-order valence-corrected chi connectivity index (χ0v) is 14.9. The van der Waals surface area contributed by atoms with E-state index in [9.17, 15) is 0 Å². The number of rotatable bonds is 7. The zero-order chi connectivity index (χ0) is 18.2. The molecule has 0 amide bonds. The number of aliphatic imine (C=N–C) groups is 1. The SMILES string of the molecule is COc1ccc(OC)c(NC(N)=NCc2ccc(OC(C)C)nc2)c1. The van der Waals surface area contributed by atoms with Gasteiger partial charge in [-0.2, -0.15) is 0 Å². The number of benzene rings is 1. The van der Waals surface area contributed by atoms with Crippen LogP contribution in [0.25, 0.3) is 0 Å². The second kappa shape index (κ2) is 8.77. The lowest BCUT2D eigenvalue weighted by molar-refractivity contribution is 0.232. The molecule has 0 aliphatic heterocycles. The average Bonchev–Trinajstić information content (AvgIpc) is 2.60. The lowest BCUT2D eigenvalue weighted by Gasteiger charge is -2.12. The third kappa shape index (κ3) is 5.56. The first-order valence-corrected chi connectivity index (χ1v) is 7.92. The van der Waals surface area contributed by atoms with Crippen molar-refractivity contribution in [1.82, 2.24) is 4.98 Å². The average molecular weight is 344 g/mol. The highest BCUT2D eigenvalue weighted by molar-refractivity contribution is 5.94. The van der Waals surface area contributed by atoms with Crippen molar-refractivity contribution < 1.29 is 14.2 Å². The van der Waals surface area contributed by atoms with Gasteiger partial charge in [0.25, 0.3) is 0 Å². The van der Waals surface area contributed by atoms with E-state index >= 15 is 0 Å². The Morgan fingerprint density at radius 1 is 1.20 bits per heavy atom. The first kappa shape index (κ1) is 18.4. The summed E-state index contributed by atoms with van der Waals surface area (Å²) in [5.41, 5.74) is 7.57. The molecular weight excluding hydrogens is 320 g/mol. The Labute approximate surface area is 147 Å². The van der Waals surface area contributed by atoms with E-state index < -0.39 is 0 Å². The maximum absolute atomic E-state index is 5.96. The molecule has 0 atom stereocenters. The molecule has 0 aliphatic carbocycles. The monoisotopic (exact) mass is 344 g/mol. The van der Waals surface area contributed by atoms with Crippen molar-refractivity contribution in [1.29, 1.82) is 0 Å². The van der Waals surface area contributed by atoms with Gasteiger partial charge in [-0.15, -0.1) is 0 Å². The molecule has 0 radical (unpaired) electrons. The van der Waals surface area contributed by atoms with Gasteiger partial charge in [0.1, 0.15) is 11.5 Å². The van der Waals surface area contributed by atoms with Crippen LogP contribution in [-0.4, -0.2) is 31.3 Å². The molecule has 0 saturated carbocycles. The van der Waals surface area contributed by atoms with Gasteiger partial charge in [0.15, 0.2) is 5.96 Å². The second-order valence-corrected chi connectivity index (χ2v) is 5.56. The summed E-state index contributed by atoms with van der Waals surface area (Å²) < 4.78 is 16.0. The molecule has 0 unspecified atom stereocenters. The molecule has 2 aromatic rings. The maximum Gasteiger partial charge on any atom is 0.213 e. The van der Waals surface area contributed by atoms with Gasteiger partial charge in [0, 0.05) is 18.3 Å². The van der Waals surface area contributed by atoms with Gasteiger partial charge >= 0.3 is 0 Å². The number of ether oxygens (including phenoxy) is 3. The number of pyridine rings is 1. The molecule has 1 aromatic carbocycles. The third-order valence-corrected chi connectivity index (χ3v) is 3.26. The predicted molar refractivity (Wildman–Crippen MR) is 98.5 cm³/mol. The fourth-order valence-corrected chi connectivity index (χ4v) is 2.08. The fourth-order valence-electron chi connectivity index (χ4n) is 2.08. The van der Waals surface area contributed by atoms with E-state index in [0.717, 1.165) is 5.56 Å². The van der Waals surface area contributed by atoms with Crippen LogP contribution in [0.3, 0.4) is 0 Å². The molecule has 0 spiro atoms. The van der Waals surface area contributed by atoms with Gasteiger partial charge in [-0.3, -0.25) is 0 Å². The number of hydrogen-bond donors (Lipinski definition) is 2. The number of nitrogens with one attached hydrogen (secondary N) is 1. The molecule has 134 valence electrons. The Morgan fingerprint density at radius 2 is 2.00 bits per heavy atom. The number of guanidine groups is 1. The molecular formula is C18H24N4O3. The quantitative estimate of drug-likeness (QED) is 0.593. The number of anilines is 1. The van der Waals surface area contributed by atoms with E-state index in [-0.39, 0.29) is 12.1 Å². The van der Waals surface area contributed by atoms with Gasteiger partial charge in [0.2, 0.25) is 5.88 Å². The zero-order valence-electron chi connectivity index (χ0n) is 14.9. The van der Waals surface area contributed by atoms with Crippen LogP contribution in [0.2, 0.25) is 0 Å². The number of nitrogens with zero attached hydrogens (tertiary/aromatic N) is 2. The van der Waals surface area contributed by atoms with Crippen molar-refractivity contribution in [2.24, 2.45) is 10.7 Å². The molecule has 0 aliphatic rings. The Bertz CT molecular complexity index is 715. The largest absolute Gasteiger partial charge is 0.497 e. The molecule has 1 aromatic heterocycles. The highest BCUT2D eigenvalue weighted by Gasteiger charge is 2.06. The normalized spacial score (nSPS) is 11.3. The molecule has 0 fully saturated rings. The van der Waals surface area contributed by atoms with Gasteiger partial charge in [-0.25, -0.2) is 9.98 Å². The van der Waals surface area contributed by atoms with Crippen LogP contribution in [0.4, 0.5) is 5.69 Å². The summed E-state index contributed by atoms with van der Waals surface area (Å²) in [7, 11) is 3.19. The Balaban J connectivity index is 2.02. The Hall–Kier alpha value is -2.96. The predicted octanol–water partition coefficient (Wildman–Crippen LogP) is 2.81. The van der Waals surface area contributed by atoms with Crippen molar-refractivity contribution in [3.8, 4) is 17.4 Å². The van der Waals surface area contributed by atoms with Gasteiger partial charge in [-0.1, -0.05) is 6.07 Å².